The Labute approximate surface area is 177 Å². The number of aromatic nitrogens is 3. The second kappa shape index (κ2) is 7.54. The molecule has 4 atom stereocenters. The predicted molar refractivity (Wildman–Crippen MR) is 113 cm³/mol. The van der Waals surface area contributed by atoms with Crippen molar-refractivity contribution in [3.8, 4) is 0 Å². The summed E-state index contributed by atoms with van der Waals surface area (Å²) in [7, 11) is -1.38. The molecule has 1 amide bonds. The fourth-order valence-electron chi connectivity index (χ4n) is 5.31. The molecule has 1 spiro atoms. The highest BCUT2D eigenvalue weighted by Crippen LogP contribution is 2.59. The first-order valence-electron chi connectivity index (χ1n) is 10.4. The van der Waals surface area contributed by atoms with Crippen molar-refractivity contribution in [1.29, 1.82) is 0 Å². The van der Waals surface area contributed by atoms with Crippen LogP contribution in [-0.2, 0) is 28.1 Å². The number of hydrogen-bond donors (Lipinski definition) is 1. The number of aliphatic hydroxyl groups excluding tert-OH is 1. The number of ether oxygens (including phenoxy) is 1. The number of likely N-dealkylation sites (N-methyl/N-ethyl adjacent to an activating group) is 1. The van der Waals surface area contributed by atoms with E-state index in [-0.39, 0.29) is 30.1 Å². The average molecular weight is 433 g/mol. The highest BCUT2D eigenvalue weighted by Gasteiger charge is 2.66. The molecular weight excluding hydrogens is 403 g/mol. The molecule has 0 unspecified atom stereocenters. The summed E-state index contributed by atoms with van der Waals surface area (Å²) < 4.78 is 23.8. The standard InChI is InChI=1S/C21H29FN4O3Si/c1-14-19(30(3,4)22)18(9-11-26-13-15(10-12-27)23-24-26)29-21(14)16-7-5-6-8-17(16)25(2)20(21)28/h5-8,13-14,18-19,27H,9-12H2,1-4H3/t14-,18+,19-,21+/m0/s1. The van der Waals surface area contributed by atoms with Crippen LogP contribution >= 0.6 is 0 Å². The molecule has 0 radical (unpaired) electrons. The minimum absolute atomic E-state index is 0.0171. The van der Waals surface area contributed by atoms with Crippen LogP contribution in [0.1, 0.15) is 24.6 Å². The van der Waals surface area contributed by atoms with Gasteiger partial charge >= 0.3 is 0 Å². The Balaban J connectivity index is 1.65. The van der Waals surface area contributed by atoms with Gasteiger partial charge in [-0.25, -0.2) is 0 Å². The van der Waals surface area contributed by atoms with Gasteiger partial charge < -0.3 is 18.9 Å². The van der Waals surface area contributed by atoms with Crippen LogP contribution in [0.4, 0.5) is 9.80 Å². The number of anilines is 1. The van der Waals surface area contributed by atoms with Crippen molar-refractivity contribution in [3.63, 3.8) is 0 Å². The number of rotatable bonds is 6. The van der Waals surface area contributed by atoms with E-state index >= 15 is 4.11 Å². The van der Waals surface area contributed by atoms with Gasteiger partial charge in [-0.05, 0) is 25.6 Å². The Kier molecular flexibility index (Phi) is 5.32. The summed E-state index contributed by atoms with van der Waals surface area (Å²) in [6, 6.07) is 7.65. The van der Waals surface area contributed by atoms with Crippen molar-refractivity contribution < 1.29 is 18.7 Å². The molecule has 2 aliphatic heterocycles. The molecule has 0 aliphatic carbocycles. The van der Waals surface area contributed by atoms with Gasteiger partial charge in [0, 0.05) is 49.8 Å². The fraction of sp³-hybridized carbons (Fsp3) is 0.571. The molecule has 1 aromatic heterocycles. The van der Waals surface area contributed by atoms with Crippen LogP contribution in [0, 0.1) is 5.92 Å². The summed E-state index contributed by atoms with van der Waals surface area (Å²) in [6.07, 6.45) is 2.39. The van der Waals surface area contributed by atoms with Crippen molar-refractivity contribution in [2.75, 3.05) is 18.6 Å². The number of hydrogen-bond acceptors (Lipinski definition) is 5. The summed E-state index contributed by atoms with van der Waals surface area (Å²) in [5.74, 6) is -0.388. The molecule has 1 saturated heterocycles. The molecule has 1 fully saturated rings. The lowest BCUT2D eigenvalue weighted by atomic mass is 9.82. The lowest BCUT2D eigenvalue weighted by Crippen LogP contribution is -2.44. The molecule has 1 N–H and O–H groups in total. The SMILES string of the molecule is C[C@H]1[C@H]([Si](C)(C)F)[C@@H](CCn2cc(CCO)nn2)O[C@]12C(=O)N(C)c1ccccc12. The van der Waals surface area contributed by atoms with E-state index in [2.05, 4.69) is 10.3 Å². The van der Waals surface area contributed by atoms with Crippen LogP contribution in [-0.4, -0.2) is 54.2 Å². The number of nitrogens with zero attached hydrogens (tertiary/aromatic N) is 4. The third-order valence-corrected chi connectivity index (χ3v) is 9.05. The third kappa shape index (κ3) is 3.19. The Morgan fingerprint density at radius 3 is 2.77 bits per heavy atom. The van der Waals surface area contributed by atoms with Gasteiger partial charge in [-0.2, -0.15) is 0 Å². The molecule has 9 heteroatoms. The van der Waals surface area contributed by atoms with E-state index in [0.29, 0.717) is 25.1 Å². The number of aryl methyl sites for hydroxylation is 1. The minimum atomic E-state index is -3.14. The molecule has 0 bridgehead atoms. The third-order valence-electron chi connectivity index (χ3n) is 6.60. The Morgan fingerprint density at radius 1 is 1.33 bits per heavy atom. The largest absolute Gasteiger partial charge is 0.396 e. The van der Waals surface area contributed by atoms with E-state index < -0.39 is 14.0 Å². The highest BCUT2D eigenvalue weighted by molar-refractivity contribution is 6.72. The quantitative estimate of drug-likeness (QED) is 0.561. The van der Waals surface area contributed by atoms with E-state index in [4.69, 9.17) is 9.84 Å². The summed E-state index contributed by atoms with van der Waals surface area (Å²) in [6.45, 7) is 5.89. The van der Waals surface area contributed by atoms with E-state index in [1.54, 1.807) is 35.9 Å². The number of amides is 1. The molecular formula is C21H29FN4O3Si. The van der Waals surface area contributed by atoms with E-state index in [1.807, 2.05) is 31.2 Å². The number of fused-ring (bicyclic) bond motifs is 2. The zero-order valence-corrected chi connectivity index (χ0v) is 18.9. The lowest BCUT2D eigenvalue weighted by molar-refractivity contribution is -0.145. The van der Waals surface area contributed by atoms with Gasteiger partial charge in [-0.15, -0.1) is 5.10 Å². The molecule has 0 saturated carbocycles. The van der Waals surface area contributed by atoms with Crippen LogP contribution in [0.25, 0.3) is 0 Å². The first-order valence-corrected chi connectivity index (χ1v) is 13.4. The van der Waals surface area contributed by atoms with Crippen LogP contribution in [0.2, 0.25) is 18.6 Å². The van der Waals surface area contributed by atoms with Crippen molar-refractivity contribution in [3.05, 3.63) is 41.7 Å². The monoisotopic (exact) mass is 432 g/mol. The summed E-state index contributed by atoms with van der Waals surface area (Å²) in [5, 5.41) is 17.2. The minimum Gasteiger partial charge on any atom is -0.396 e. The Bertz CT molecular complexity index is 946. The molecule has 162 valence electrons. The number of halogens is 1. The number of carbonyl (C=O) groups excluding carboxylic acids is 1. The van der Waals surface area contributed by atoms with Gasteiger partial charge in [0.05, 0.1) is 17.5 Å². The van der Waals surface area contributed by atoms with Crippen LogP contribution in [0.5, 0.6) is 0 Å². The summed E-state index contributed by atoms with van der Waals surface area (Å²) in [5.41, 5.74) is 0.926. The van der Waals surface area contributed by atoms with Crippen molar-refractivity contribution >= 4 is 20.0 Å². The molecule has 7 nitrogen and oxygen atoms in total. The second-order valence-electron chi connectivity index (χ2n) is 8.89. The lowest BCUT2D eigenvalue weighted by Gasteiger charge is -2.30. The number of para-hydroxylation sites is 1. The van der Waals surface area contributed by atoms with Gasteiger partial charge in [0.15, 0.2) is 5.60 Å². The molecule has 3 heterocycles. The van der Waals surface area contributed by atoms with E-state index in [0.717, 1.165) is 11.3 Å². The molecule has 1 aromatic carbocycles. The van der Waals surface area contributed by atoms with Crippen LogP contribution in [0.15, 0.2) is 30.5 Å². The second-order valence-corrected chi connectivity index (χ2v) is 12.7. The fourth-order valence-corrected chi connectivity index (χ4v) is 7.86. The zero-order chi connectivity index (χ0) is 21.7. The van der Waals surface area contributed by atoms with Gasteiger partial charge in [-0.1, -0.05) is 30.3 Å². The maximum absolute atomic E-state index is 15.5. The van der Waals surface area contributed by atoms with Gasteiger partial charge in [-0.3, -0.25) is 9.48 Å². The molecule has 30 heavy (non-hydrogen) atoms. The van der Waals surface area contributed by atoms with E-state index in [9.17, 15) is 4.79 Å². The van der Waals surface area contributed by atoms with Crippen molar-refractivity contribution in [2.24, 2.45) is 5.92 Å². The first kappa shape index (κ1) is 21.1. The van der Waals surface area contributed by atoms with Crippen molar-refractivity contribution in [2.45, 2.75) is 56.7 Å². The highest BCUT2D eigenvalue weighted by atomic mass is 28.4. The molecule has 2 aliphatic rings. The maximum atomic E-state index is 15.5. The summed E-state index contributed by atoms with van der Waals surface area (Å²) in [4.78, 5) is 15.0. The number of carbonyl (C=O) groups is 1. The predicted octanol–water partition coefficient (Wildman–Crippen LogP) is 2.65. The smallest absolute Gasteiger partial charge is 0.264 e. The average Bonchev–Trinajstić information content (AvgIpc) is 3.32. The van der Waals surface area contributed by atoms with Gasteiger partial charge in [0.25, 0.3) is 5.91 Å². The van der Waals surface area contributed by atoms with Crippen LogP contribution < -0.4 is 4.90 Å². The molecule has 4 rings (SSSR count). The molecule has 2 aromatic rings. The van der Waals surface area contributed by atoms with Gasteiger partial charge in [0.2, 0.25) is 8.41 Å². The van der Waals surface area contributed by atoms with Crippen molar-refractivity contribution in [1.82, 2.24) is 15.0 Å². The topological polar surface area (TPSA) is 80.5 Å². The summed E-state index contributed by atoms with van der Waals surface area (Å²) >= 11 is 0. The number of benzene rings is 1. The Hall–Kier alpha value is -2.10. The van der Waals surface area contributed by atoms with E-state index in [1.165, 1.54) is 0 Å². The van der Waals surface area contributed by atoms with Crippen LogP contribution in [0.3, 0.4) is 0 Å². The zero-order valence-electron chi connectivity index (χ0n) is 17.9. The first-order chi connectivity index (χ1) is 14.2. The number of aliphatic hydroxyl groups is 1. The maximum Gasteiger partial charge on any atom is 0.264 e. The van der Waals surface area contributed by atoms with Gasteiger partial charge in [0.1, 0.15) is 0 Å². The Morgan fingerprint density at radius 2 is 2.07 bits per heavy atom. The normalized spacial score (nSPS) is 28.5.